The molecule has 7 heteroatoms. The molecule has 1 fully saturated rings. The minimum atomic E-state index is -0.0888. The maximum atomic E-state index is 11.3. The van der Waals surface area contributed by atoms with Gasteiger partial charge in [-0.25, -0.2) is 0 Å². The van der Waals surface area contributed by atoms with Crippen molar-refractivity contribution in [3.8, 4) is 0 Å². The van der Waals surface area contributed by atoms with Gasteiger partial charge in [-0.2, -0.15) is 0 Å². The number of esters is 1. The van der Waals surface area contributed by atoms with E-state index in [2.05, 4.69) is 44.8 Å². The molecule has 0 unspecified atom stereocenters. The van der Waals surface area contributed by atoms with Crippen LogP contribution in [0, 0.1) is 0 Å². The van der Waals surface area contributed by atoms with E-state index in [0.29, 0.717) is 13.0 Å². The van der Waals surface area contributed by atoms with Crippen LogP contribution >= 0.6 is 0 Å². The van der Waals surface area contributed by atoms with Gasteiger partial charge in [0, 0.05) is 46.2 Å². The fourth-order valence-electron chi connectivity index (χ4n) is 3.47. The van der Waals surface area contributed by atoms with Crippen LogP contribution in [0.4, 0.5) is 0 Å². The lowest BCUT2D eigenvalue weighted by molar-refractivity contribution is -0.143. The summed E-state index contributed by atoms with van der Waals surface area (Å²) in [5.74, 6) is 0.733. The molecule has 168 valence electrons. The molecule has 1 heterocycles. The van der Waals surface area contributed by atoms with Crippen molar-refractivity contribution in [2.24, 2.45) is 4.99 Å². The number of morpholine rings is 1. The molecule has 7 nitrogen and oxygen atoms in total. The molecule has 30 heavy (non-hydrogen) atoms. The Morgan fingerprint density at radius 3 is 2.57 bits per heavy atom. The number of nitrogens with zero attached hydrogens (tertiary/aromatic N) is 2. The van der Waals surface area contributed by atoms with E-state index in [1.807, 2.05) is 6.92 Å². The van der Waals surface area contributed by atoms with Gasteiger partial charge in [-0.3, -0.25) is 14.7 Å². The Labute approximate surface area is 181 Å². The van der Waals surface area contributed by atoms with E-state index in [1.54, 1.807) is 7.05 Å². The Kier molecular flexibility index (Phi) is 11.9. The number of carbonyl (C=O) groups is 1. The first-order valence-electron chi connectivity index (χ1n) is 11.2. The predicted octanol–water partition coefficient (Wildman–Crippen LogP) is 2.70. The minimum Gasteiger partial charge on any atom is -0.466 e. The van der Waals surface area contributed by atoms with Gasteiger partial charge in [0.1, 0.15) is 0 Å². The highest BCUT2D eigenvalue weighted by Crippen LogP contribution is 2.13. The third kappa shape index (κ3) is 9.59. The van der Waals surface area contributed by atoms with E-state index in [0.717, 1.165) is 77.6 Å². The largest absolute Gasteiger partial charge is 0.466 e. The summed E-state index contributed by atoms with van der Waals surface area (Å²) in [6, 6.07) is 8.58. The first kappa shape index (κ1) is 24.2. The molecule has 0 saturated carbocycles. The molecule has 0 bridgehead atoms. The average Bonchev–Trinajstić information content (AvgIpc) is 2.77. The Morgan fingerprint density at radius 1 is 1.10 bits per heavy atom. The Balaban J connectivity index is 1.65. The van der Waals surface area contributed by atoms with Gasteiger partial charge in [0.15, 0.2) is 5.96 Å². The maximum absolute atomic E-state index is 11.3. The summed E-state index contributed by atoms with van der Waals surface area (Å²) in [5, 5.41) is 6.81. The Morgan fingerprint density at radius 2 is 1.83 bits per heavy atom. The number of ether oxygens (including phenoxy) is 2. The van der Waals surface area contributed by atoms with Crippen LogP contribution in [0.5, 0.6) is 0 Å². The van der Waals surface area contributed by atoms with E-state index in [1.165, 1.54) is 11.1 Å². The third-order valence-corrected chi connectivity index (χ3v) is 5.19. The van der Waals surface area contributed by atoms with Crippen LogP contribution in [0.15, 0.2) is 29.3 Å². The third-order valence-electron chi connectivity index (χ3n) is 5.19. The van der Waals surface area contributed by atoms with Crippen molar-refractivity contribution in [2.75, 3.05) is 46.5 Å². The first-order chi connectivity index (χ1) is 14.7. The average molecular weight is 419 g/mol. The summed E-state index contributed by atoms with van der Waals surface area (Å²) in [7, 11) is 1.80. The zero-order valence-electron chi connectivity index (χ0n) is 18.6. The standard InChI is InChI=1S/C23H38N4O3/c1-3-30-22(28)12-6-4-5-9-13-25-23(24-2)26-18-20-10-7-8-11-21(20)19-27-14-16-29-17-15-27/h7-8,10-11H,3-6,9,12-19H2,1-2H3,(H2,24,25,26). The number of benzene rings is 1. The minimum absolute atomic E-state index is 0.0888. The van der Waals surface area contributed by atoms with Gasteiger partial charge in [-0.1, -0.05) is 37.1 Å². The van der Waals surface area contributed by atoms with Crippen LogP contribution in [0.3, 0.4) is 0 Å². The monoisotopic (exact) mass is 418 g/mol. The van der Waals surface area contributed by atoms with E-state index in [9.17, 15) is 4.79 Å². The van der Waals surface area contributed by atoms with Crippen LogP contribution in [0.2, 0.25) is 0 Å². The fourth-order valence-corrected chi connectivity index (χ4v) is 3.47. The van der Waals surface area contributed by atoms with Gasteiger partial charge in [0.05, 0.1) is 19.8 Å². The normalized spacial score (nSPS) is 15.1. The Hall–Kier alpha value is -2.12. The summed E-state index contributed by atoms with van der Waals surface area (Å²) in [5.41, 5.74) is 2.65. The number of carbonyl (C=O) groups excluding carboxylic acids is 1. The topological polar surface area (TPSA) is 75.2 Å². The highest BCUT2D eigenvalue weighted by Gasteiger charge is 2.12. The molecule has 0 amide bonds. The SMILES string of the molecule is CCOC(=O)CCCCCCNC(=NC)NCc1ccccc1CN1CCOCC1. The molecule has 1 aliphatic heterocycles. The van der Waals surface area contributed by atoms with Crippen molar-refractivity contribution < 1.29 is 14.3 Å². The summed E-state index contributed by atoms with van der Waals surface area (Å²) < 4.78 is 10.4. The molecule has 0 aromatic heterocycles. The van der Waals surface area contributed by atoms with Crippen LogP contribution in [-0.4, -0.2) is 63.3 Å². The molecule has 0 radical (unpaired) electrons. The molecular formula is C23H38N4O3. The van der Waals surface area contributed by atoms with Crippen LogP contribution in [-0.2, 0) is 27.4 Å². The lowest BCUT2D eigenvalue weighted by Crippen LogP contribution is -2.38. The molecule has 0 spiro atoms. The van der Waals surface area contributed by atoms with Crippen molar-refractivity contribution >= 4 is 11.9 Å². The number of rotatable bonds is 12. The molecule has 2 rings (SSSR count). The van der Waals surface area contributed by atoms with E-state index >= 15 is 0 Å². The van der Waals surface area contributed by atoms with Gasteiger partial charge in [0.2, 0.25) is 0 Å². The fraction of sp³-hybridized carbons (Fsp3) is 0.652. The lowest BCUT2D eigenvalue weighted by atomic mass is 10.1. The zero-order chi connectivity index (χ0) is 21.4. The number of hydrogen-bond acceptors (Lipinski definition) is 5. The number of aliphatic imine (C=N–C) groups is 1. The van der Waals surface area contributed by atoms with Crippen LogP contribution < -0.4 is 10.6 Å². The van der Waals surface area contributed by atoms with Gasteiger partial charge in [-0.15, -0.1) is 0 Å². The van der Waals surface area contributed by atoms with Crippen LogP contribution in [0.25, 0.3) is 0 Å². The molecule has 0 aliphatic carbocycles. The quantitative estimate of drug-likeness (QED) is 0.235. The predicted molar refractivity (Wildman–Crippen MR) is 120 cm³/mol. The molecule has 1 aromatic rings. The highest BCUT2D eigenvalue weighted by atomic mass is 16.5. The Bertz CT molecular complexity index is 645. The molecular weight excluding hydrogens is 380 g/mol. The number of guanidine groups is 1. The van der Waals surface area contributed by atoms with Gasteiger partial charge in [0.25, 0.3) is 0 Å². The van der Waals surface area contributed by atoms with E-state index < -0.39 is 0 Å². The van der Waals surface area contributed by atoms with Gasteiger partial charge in [-0.05, 0) is 30.9 Å². The number of nitrogens with one attached hydrogen (secondary N) is 2. The first-order valence-corrected chi connectivity index (χ1v) is 11.2. The summed E-state index contributed by atoms with van der Waals surface area (Å²) in [6.07, 6.45) is 4.60. The maximum Gasteiger partial charge on any atom is 0.305 e. The van der Waals surface area contributed by atoms with E-state index in [-0.39, 0.29) is 5.97 Å². The van der Waals surface area contributed by atoms with Crippen molar-refractivity contribution in [3.05, 3.63) is 35.4 Å². The number of unbranched alkanes of at least 4 members (excludes halogenated alkanes) is 3. The summed E-state index contributed by atoms with van der Waals surface area (Å²) in [4.78, 5) is 18.1. The number of hydrogen-bond donors (Lipinski definition) is 2. The molecule has 1 aliphatic rings. The molecule has 2 N–H and O–H groups in total. The van der Waals surface area contributed by atoms with E-state index in [4.69, 9.17) is 9.47 Å². The second kappa shape index (κ2) is 14.8. The van der Waals surface area contributed by atoms with Gasteiger partial charge >= 0.3 is 5.97 Å². The van der Waals surface area contributed by atoms with Crippen LogP contribution in [0.1, 0.15) is 50.2 Å². The van der Waals surface area contributed by atoms with Crippen molar-refractivity contribution in [1.29, 1.82) is 0 Å². The summed E-state index contributed by atoms with van der Waals surface area (Å²) >= 11 is 0. The zero-order valence-corrected chi connectivity index (χ0v) is 18.6. The molecule has 1 saturated heterocycles. The smallest absolute Gasteiger partial charge is 0.305 e. The van der Waals surface area contributed by atoms with Crippen molar-refractivity contribution in [1.82, 2.24) is 15.5 Å². The molecule has 1 aromatic carbocycles. The molecule has 0 atom stereocenters. The van der Waals surface area contributed by atoms with Crippen molar-refractivity contribution in [3.63, 3.8) is 0 Å². The lowest BCUT2D eigenvalue weighted by Gasteiger charge is -2.27. The second-order valence-corrected chi connectivity index (χ2v) is 7.48. The van der Waals surface area contributed by atoms with Crippen molar-refractivity contribution in [2.45, 2.75) is 52.1 Å². The summed E-state index contributed by atoms with van der Waals surface area (Å²) in [6.45, 7) is 8.50. The highest BCUT2D eigenvalue weighted by molar-refractivity contribution is 5.79. The second-order valence-electron chi connectivity index (χ2n) is 7.48. The van der Waals surface area contributed by atoms with Gasteiger partial charge < -0.3 is 20.1 Å².